The van der Waals surface area contributed by atoms with Gasteiger partial charge in [0, 0.05) is 12.1 Å². The van der Waals surface area contributed by atoms with Gasteiger partial charge in [-0.1, -0.05) is 42.5 Å². The zero-order chi connectivity index (χ0) is 17.2. The molecule has 2 rings (SSSR count). The normalized spacial score (nSPS) is 10.3. The van der Waals surface area contributed by atoms with Crippen LogP contribution in [0, 0.1) is 0 Å². The second-order valence-corrected chi connectivity index (χ2v) is 4.82. The van der Waals surface area contributed by atoms with Crippen LogP contribution in [0.2, 0.25) is 0 Å². The minimum absolute atomic E-state index is 0.124. The molecule has 0 spiro atoms. The molecular weight excluding hydrogens is 308 g/mol. The fraction of sp³-hybridized carbons (Fsp3) is 0.118. The van der Waals surface area contributed by atoms with Gasteiger partial charge in [-0.3, -0.25) is 4.79 Å². The first-order valence-corrected chi connectivity index (χ1v) is 7.26. The van der Waals surface area contributed by atoms with Gasteiger partial charge >= 0.3 is 6.03 Å². The third-order valence-corrected chi connectivity index (χ3v) is 2.99. The average Bonchev–Trinajstić information content (AvgIpc) is 2.59. The smallest absolute Gasteiger partial charge is 0.332 e. The summed E-state index contributed by atoms with van der Waals surface area (Å²) in [6, 6.07) is 15.8. The van der Waals surface area contributed by atoms with Crippen LogP contribution in [-0.2, 0) is 11.3 Å². The lowest BCUT2D eigenvalue weighted by Crippen LogP contribution is -2.28. The molecule has 4 N–H and O–H groups in total. The second-order valence-electron chi connectivity index (χ2n) is 4.82. The van der Waals surface area contributed by atoms with E-state index in [1.807, 2.05) is 30.3 Å². The van der Waals surface area contributed by atoms with Crippen LogP contribution in [0.5, 0.6) is 5.75 Å². The molecule has 7 heteroatoms. The predicted molar refractivity (Wildman–Crippen MR) is 90.5 cm³/mol. The molecule has 0 saturated carbocycles. The van der Waals surface area contributed by atoms with Gasteiger partial charge in [-0.2, -0.15) is 5.10 Å². The fourth-order valence-corrected chi connectivity index (χ4v) is 1.87. The van der Waals surface area contributed by atoms with E-state index in [4.69, 9.17) is 10.5 Å². The number of nitrogens with zero attached hydrogens (tertiary/aromatic N) is 1. The number of ether oxygens (including phenoxy) is 1. The zero-order valence-corrected chi connectivity index (χ0v) is 12.9. The van der Waals surface area contributed by atoms with Crippen molar-refractivity contribution in [1.82, 2.24) is 10.7 Å². The summed E-state index contributed by atoms with van der Waals surface area (Å²) in [5, 5.41) is 6.45. The standard InChI is InChI=1S/C17H18N4O3/c18-17(23)21-20-11-14-8-4-5-9-15(14)24-12-16(22)19-10-13-6-2-1-3-7-13/h1-9,11H,10,12H2,(H,19,22)(H3,18,21,23)/b20-11+. The Morgan fingerprint density at radius 3 is 2.54 bits per heavy atom. The number of rotatable bonds is 7. The summed E-state index contributed by atoms with van der Waals surface area (Å²) in [6.45, 7) is 0.315. The summed E-state index contributed by atoms with van der Waals surface area (Å²) >= 11 is 0. The van der Waals surface area contributed by atoms with E-state index in [0.717, 1.165) is 5.56 Å². The Hall–Kier alpha value is -3.35. The first-order valence-electron chi connectivity index (χ1n) is 7.26. The van der Waals surface area contributed by atoms with Crippen LogP contribution in [0.15, 0.2) is 59.7 Å². The number of benzene rings is 2. The van der Waals surface area contributed by atoms with E-state index in [1.165, 1.54) is 6.21 Å². The Kier molecular flexibility index (Phi) is 6.34. The molecule has 7 nitrogen and oxygen atoms in total. The number of nitrogens with two attached hydrogens (primary N) is 1. The molecule has 124 valence electrons. The largest absolute Gasteiger partial charge is 0.483 e. The summed E-state index contributed by atoms with van der Waals surface area (Å²) in [4.78, 5) is 22.5. The van der Waals surface area contributed by atoms with Crippen LogP contribution >= 0.6 is 0 Å². The molecule has 0 fully saturated rings. The molecule has 24 heavy (non-hydrogen) atoms. The number of amides is 3. The Morgan fingerprint density at radius 2 is 1.79 bits per heavy atom. The van der Waals surface area contributed by atoms with Crippen molar-refractivity contribution in [1.29, 1.82) is 0 Å². The number of nitrogens with one attached hydrogen (secondary N) is 2. The predicted octanol–water partition coefficient (Wildman–Crippen LogP) is 1.38. The Balaban J connectivity index is 1.86. The van der Waals surface area contributed by atoms with Crippen molar-refractivity contribution in [3.05, 3.63) is 65.7 Å². The maximum Gasteiger partial charge on any atom is 0.332 e. The van der Waals surface area contributed by atoms with Crippen LogP contribution in [0.1, 0.15) is 11.1 Å². The Labute approximate surface area is 139 Å². The first kappa shape index (κ1) is 17.0. The molecule has 0 unspecified atom stereocenters. The third kappa shape index (κ3) is 5.80. The molecule has 3 amide bonds. The minimum Gasteiger partial charge on any atom is -0.483 e. The van der Waals surface area contributed by atoms with Crippen LogP contribution in [0.25, 0.3) is 0 Å². The quantitative estimate of drug-likeness (QED) is 0.528. The summed E-state index contributed by atoms with van der Waals surface area (Å²) in [7, 11) is 0. The second kappa shape index (κ2) is 8.94. The molecule has 0 aliphatic heterocycles. The van der Waals surface area contributed by atoms with Crippen molar-refractivity contribution in [2.75, 3.05) is 6.61 Å². The Morgan fingerprint density at radius 1 is 1.08 bits per heavy atom. The summed E-state index contributed by atoms with van der Waals surface area (Å²) < 4.78 is 5.50. The molecule has 0 radical (unpaired) electrons. The lowest BCUT2D eigenvalue weighted by Gasteiger charge is -2.09. The van der Waals surface area contributed by atoms with Gasteiger partial charge in [0.15, 0.2) is 6.61 Å². The number of hydrazone groups is 1. The maximum atomic E-state index is 11.9. The molecule has 0 heterocycles. The summed E-state index contributed by atoms with van der Waals surface area (Å²) in [5.41, 5.74) is 8.65. The van der Waals surface area contributed by atoms with Crippen molar-refractivity contribution in [3.63, 3.8) is 0 Å². The van der Waals surface area contributed by atoms with Crippen LogP contribution in [-0.4, -0.2) is 24.8 Å². The zero-order valence-electron chi connectivity index (χ0n) is 12.9. The van der Waals surface area contributed by atoms with Crippen molar-refractivity contribution in [2.45, 2.75) is 6.54 Å². The van der Waals surface area contributed by atoms with Gasteiger partial charge in [-0.25, -0.2) is 10.2 Å². The molecule has 2 aromatic carbocycles. The van der Waals surface area contributed by atoms with E-state index in [9.17, 15) is 9.59 Å². The van der Waals surface area contributed by atoms with E-state index in [1.54, 1.807) is 24.3 Å². The number of carbonyl (C=O) groups excluding carboxylic acids is 2. The molecule has 0 aliphatic rings. The fourth-order valence-electron chi connectivity index (χ4n) is 1.87. The average molecular weight is 326 g/mol. The monoisotopic (exact) mass is 326 g/mol. The Bertz CT molecular complexity index is 717. The van der Waals surface area contributed by atoms with E-state index in [0.29, 0.717) is 17.9 Å². The van der Waals surface area contributed by atoms with Gasteiger partial charge < -0.3 is 15.8 Å². The number of hydrogen-bond acceptors (Lipinski definition) is 4. The lowest BCUT2D eigenvalue weighted by molar-refractivity contribution is -0.123. The van der Waals surface area contributed by atoms with Crippen LogP contribution in [0.4, 0.5) is 4.79 Å². The van der Waals surface area contributed by atoms with Gasteiger partial charge in [-0.15, -0.1) is 0 Å². The van der Waals surface area contributed by atoms with Crippen molar-refractivity contribution < 1.29 is 14.3 Å². The minimum atomic E-state index is -0.759. The van der Waals surface area contributed by atoms with Crippen molar-refractivity contribution in [2.24, 2.45) is 10.8 Å². The third-order valence-electron chi connectivity index (χ3n) is 2.99. The molecule has 2 aromatic rings. The van der Waals surface area contributed by atoms with Crippen LogP contribution < -0.4 is 21.2 Å². The highest BCUT2D eigenvalue weighted by Gasteiger charge is 2.05. The topological polar surface area (TPSA) is 106 Å². The summed E-state index contributed by atoms with van der Waals surface area (Å²) in [6.07, 6.45) is 1.39. The summed E-state index contributed by atoms with van der Waals surface area (Å²) in [5.74, 6) is 0.239. The van der Waals surface area contributed by atoms with Gasteiger partial charge in [0.2, 0.25) is 0 Å². The number of para-hydroxylation sites is 1. The van der Waals surface area contributed by atoms with Gasteiger partial charge in [-0.05, 0) is 17.7 Å². The lowest BCUT2D eigenvalue weighted by atomic mass is 10.2. The number of primary amides is 1. The molecule has 0 aliphatic carbocycles. The highest BCUT2D eigenvalue weighted by atomic mass is 16.5. The first-order chi connectivity index (χ1) is 11.6. The number of urea groups is 1. The highest BCUT2D eigenvalue weighted by molar-refractivity contribution is 5.85. The molecule has 0 saturated heterocycles. The van der Waals surface area contributed by atoms with E-state index in [2.05, 4.69) is 15.8 Å². The van der Waals surface area contributed by atoms with Gasteiger partial charge in [0.05, 0.1) is 6.21 Å². The molecule has 0 bridgehead atoms. The van der Waals surface area contributed by atoms with E-state index >= 15 is 0 Å². The molecular formula is C17H18N4O3. The molecule has 0 aromatic heterocycles. The SMILES string of the molecule is NC(=O)N/N=C/c1ccccc1OCC(=O)NCc1ccccc1. The number of hydrogen-bond donors (Lipinski definition) is 3. The van der Waals surface area contributed by atoms with Gasteiger partial charge in [0.1, 0.15) is 5.75 Å². The number of carbonyl (C=O) groups is 2. The van der Waals surface area contributed by atoms with E-state index in [-0.39, 0.29) is 12.5 Å². The highest BCUT2D eigenvalue weighted by Crippen LogP contribution is 2.15. The van der Waals surface area contributed by atoms with Gasteiger partial charge in [0.25, 0.3) is 5.91 Å². The molecule has 0 atom stereocenters. The van der Waals surface area contributed by atoms with Crippen molar-refractivity contribution in [3.8, 4) is 5.75 Å². The van der Waals surface area contributed by atoms with Crippen molar-refractivity contribution >= 4 is 18.2 Å². The van der Waals surface area contributed by atoms with E-state index < -0.39 is 6.03 Å². The van der Waals surface area contributed by atoms with Crippen LogP contribution in [0.3, 0.4) is 0 Å². The maximum absolute atomic E-state index is 11.9.